The number of nitrogens with zero attached hydrogens (tertiary/aromatic N) is 1. The van der Waals surface area contributed by atoms with E-state index in [1.807, 2.05) is 0 Å². The SMILES string of the molecule is Cc1ccccc1S(=O)(=O)Nc1ccc(C#N)cc1F. The van der Waals surface area contributed by atoms with Gasteiger partial charge in [0.2, 0.25) is 0 Å². The summed E-state index contributed by atoms with van der Waals surface area (Å²) in [4.78, 5) is 0.0868. The smallest absolute Gasteiger partial charge is 0.262 e. The number of nitrogens with one attached hydrogen (secondary N) is 1. The van der Waals surface area contributed by atoms with E-state index in [1.165, 1.54) is 18.2 Å². The molecule has 0 bridgehead atoms. The van der Waals surface area contributed by atoms with E-state index < -0.39 is 15.8 Å². The molecule has 0 heterocycles. The summed E-state index contributed by atoms with van der Waals surface area (Å²) in [7, 11) is -3.86. The van der Waals surface area contributed by atoms with Crippen molar-refractivity contribution in [2.24, 2.45) is 0 Å². The fourth-order valence-corrected chi connectivity index (χ4v) is 3.04. The Morgan fingerprint density at radius 2 is 1.90 bits per heavy atom. The lowest BCUT2D eigenvalue weighted by atomic mass is 10.2. The van der Waals surface area contributed by atoms with Gasteiger partial charge in [-0.3, -0.25) is 4.72 Å². The molecule has 2 aromatic rings. The van der Waals surface area contributed by atoms with Gasteiger partial charge in [0.25, 0.3) is 10.0 Å². The minimum atomic E-state index is -3.86. The number of benzene rings is 2. The first-order valence-electron chi connectivity index (χ1n) is 5.72. The highest BCUT2D eigenvalue weighted by atomic mass is 32.2. The first-order valence-corrected chi connectivity index (χ1v) is 7.20. The molecule has 4 nitrogen and oxygen atoms in total. The minimum Gasteiger partial charge on any atom is -0.277 e. The highest BCUT2D eigenvalue weighted by molar-refractivity contribution is 7.92. The molecule has 0 atom stereocenters. The van der Waals surface area contributed by atoms with Gasteiger partial charge < -0.3 is 0 Å². The van der Waals surface area contributed by atoms with Gasteiger partial charge in [-0.2, -0.15) is 5.26 Å². The lowest BCUT2D eigenvalue weighted by Crippen LogP contribution is -2.15. The molecule has 0 saturated heterocycles. The molecule has 2 aromatic carbocycles. The third-order valence-corrected chi connectivity index (χ3v) is 4.25. The summed E-state index contributed by atoms with van der Waals surface area (Å²) in [5.41, 5.74) is 0.502. The summed E-state index contributed by atoms with van der Waals surface area (Å²) in [5.74, 6) is -0.791. The second kappa shape index (κ2) is 5.31. The summed E-state index contributed by atoms with van der Waals surface area (Å²) < 4.78 is 40.3. The molecule has 0 unspecified atom stereocenters. The van der Waals surface area contributed by atoms with Crippen LogP contribution in [0.1, 0.15) is 11.1 Å². The average molecular weight is 290 g/mol. The van der Waals surface area contributed by atoms with E-state index >= 15 is 0 Å². The van der Waals surface area contributed by atoms with Crippen LogP contribution in [0.2, 0.25) is 0 Å². The number of rotatable bonds is 3. The van der Waals surface area contributed by atoms with Crippen molar-refractivity contribution in [1.82, 2.24) is 0 Å². The summed E-state index contributed by atoms with van der Waals surface area (Å²) in [6.07, 6.45) is 0. The van der Waals surface area contributed by atoms with Crippen molar-refractivity contribution < 1.29 is 12.8 Å². The van der Waals surface area contributed by atoms with Crippen molar-refractivity contribution in [3.63, 3.8) is 0 Å². The summed E-state index contributed by atoms with van der Waals surface area (Å²) in [6.45, 7) is 1.66. The lowest BCUT2D eigenvalue weighted by Gasteiger charge is -2.10. The maximum atomic E-state index is 13.7. The largest absolute Gasteiger partial charge is 0.277 e. The predicted molar refractivity (Wildman–Crippen MR) is 73.1 cm³/mol. The second-order valence-corrected chi connectivity index (χ2v) is 5.83. The Morgan fingerprint density at radius 3 is 2.50 bits per heavy atom. The Balaban J connectivity index is 2.40. The van der Waals surface area contributed by atoms with E-state index in [0.717, 1.165) is 6.07 Å². The van der Waals surface area contributed by atoms with Gasteiger partial charge >= 0.3 is 0 Å². The van der Waals surface area contributed by atoms with Crippen LogP contribution in [0.15, 0.2) is 47.4 Å². The molecule has 0 amide bonds. The molecule has 0 fully saturated rings. The Kier molecular flexibility index (Phi) is 3.72. The van der Waals surface area contributed by atoms with Crippen molar-refractivity contribution in [3.8, 4) is 6.07 Å². The second-order valence-electron chi connectivity index (χ2n) is 4.18. The molecule has 0 radical (unpaired) electrons. The third kappa shape index (κ3) is 2.78. The van der Waals surface area contributed by atoms with E-state index in [4.69, 9.17) is 5.26 Å². The standard InChI is InChI=1S/C14H11FN2O2S/c1-10-4-2-3-5-14(10)20(18,19)17-13-7-6-11(9-16)8-12(13)15/h2-8,17H,1H3. The highest BCUT2D eigenvalue weighted by Crippen LogP contribution is 2.21. The van der Waals surface area contributed by atoms with Gasteiger partial charge in [0.15, 0.2) is 0 Å². The van der Waals surface area contributed by atoms with Gasteiger partial charge in [-0.15, -0.1) is 0 Å². The lowest BCUT2D eigenvalue weighted by molar-refractivity contribution is 0.598. The van der Waals surface area contributed by atoms with Crippen LogP contribution in [0.5, 0.6) is 0 Å². The van der Waals surface area contributed by atoms with Gasteiger partial charge in [-0.05, 0) is 36.8 Å². The summed E-state index contributed by atoms with van der Waals surface area (Å²) in [5, 5.41) is 8.64. The number of sulfonamides is 1. The quantitative estimate of drug-likeness (QED) is 0.945. The molecule has 0 aliphatic heterocycles. The summed E-state index contributed by atoms with van der Waals surface area (Å²) >= 11 is 0. The minimum absolute atomic E-state index is 0.0868. The molecule has 20 heavy (non-hydrogen) atoms. The Bertz CT molecular complexity index is 795. The molecule has 0 aliphatic carbocycles. The van der Waals surface area contributed by atoms with E-state index in [9.17, 15) is 12.8 Å². The van der Waals surface area contributed by atoms with Crippen LogP contribution >= 0.6 is 0 Å². The van der Waals surface area contributed by atoms with Crippen LogP contribution in [0.4, 0.5) is 10.1 Å². The van der Waals surface area contributed by atoms with E-state index in [2.05, 4.69) is 4.72 Å². The number of nitriles is 1. The molecule has 0 saturated carbocycles. The first kappa shape index (κ1) is 14.0. The van der Waals surface area contributed by atoms with Crippen LogP contribution in [-0.2, 0) is 10.0 Å². The van der Waals surface area contributed by atoms with Gasteiger partial charge in [-0.1, -0.05) is 18.2 Å². The number of hydrogen-bond donors (Lipinski definition) is 1. The monoisotopic (exact) mass is 290 g/mol. The fraction of sp³-hybridized carbons (Fsp3) is 0.0714. The maximum Gasteiger partial charge on any atom is 0.262 e. The van der Waals surface area contributed by atoms with Crippen molar-refractivity contribution in [2.45, 2.75) is 11.8 Å². The van der Waals surface area contributed by atoms with Crippen molar-refractivity contribution in [1.29, 1.82) is 5.26 Å². The molecule has 6 heteroatoms. The van der Waals surface area contributed by atoms with Crippen LogP contribution in [-0.4, -0.2) is 8.42 Å². The summed E-state index contributed by atoms with van der Waals surface area (Å²) in [6, 6.07) is 11.7. The predicted octanol–water partition coefficient (Wildman–Crippen LogP) is 2.81. The Morgan fingerprint density at radius 1 is 1.20 bits per heavy atom. The average Bonchev–Trinajstić information content (AvgIpc) is 2.41. The third-order valence-electron chi connectivity index (χ3n) is 2.73. The zero-order valence-electron chi connectivity index (χ0n) is 10.6. The van der Waals surface area contributed by atoms with E-state index in [0.29, 0.717) is 5.56 Å². The fourth-order valence-electron chi connectivity index (χ4n) is 1.73. The number of halogens is 1. The van der Waals surface area contributed by atoms with Crippen molar-refractivity contribution in [2.75, 3.05) is 4.72 Å². The zero-order chi connectivity index (χ0) is 14.8. The normalized spacial score (nSPS) is 10.8. The molecular formula is C14H11FN2O2S. The van der Waals surface area contributed by atoms with Crippen LogP contribution in [0, 0.1) is 24.1 Å². The molecular weight excluding hydrogens is 279 g/mol. The van der Waals surface area contributed by atoms with Crippen LogP contribution < -0.4 is 4.72 Å². The molecule has 102 valence electrons. The van der Waals surface area contributed by atoms with E-state index in [1.54, 1.807) is 31.2 Å². The van der Waals surface area contributed by atoms with Crippen molar-refractivity contribution >= 4 is 15.7 Å². The van der Waals surface area contributed by atoms with E-state index in [-0.39, 0.29) is 16.1 Å². The zero-order valence-corrected chi connectivity index (χ0v) is 11.4. The Hall–Kier alpha value is -2.39. The molecule has 1 N–H and O–H groups in total. The topological polar surface area (TPSA) is 70.0 Å². The van der Waals surface area contributed by atoms with Gasteiger partial charge in [0, 0.05) is 0 Å². The molecule has 0 aromatic heterocycles. The molecule has 0 aliphatic rings. The molecule has 0 spiro atoms. The van der Waals surface area contributed by atoms with Crippen LogP contribution in [0.3, 0.4) is 0 Å². The maximum absolute atomic E-state index is 13.7. The number of aryl methyl sites for hydroxylation is 1. The highest BCUT2D eigenvalue weighted by Gasteiger charge is 2.18. The number of anilines is 1. The Labute approximate surface area is 116 Å². The number of hydrogen-bond acceptors (Lipinski definition) is 3. The van der Waals surface area contributed by atoms with Gasteiger partial charge in [0.1, 0.15) is 5.82 Å². The molecule has 2 rings (SSSR count). The van der Waals surface area contributed by atoms with Crippen molar-refractivity contribution in [3.05, 3.63) is 59.4 Å². The van der Waals surface area contributed by atoms with Crippen LogP contribution in [0.25, 0.3) is 0 Å². The van der Waals surface area contributed by atoms with Gasteiger partial charge in [-0.25, -0.2) is 12.8 Å². The van der Waals surface area contributed by atoms with Gasteiger partial charge in [0.05, 0.1) is 22.2 Å². The first-order chi connectivity index (χ1) is 9.44.